The van der Waals surface area contributed by atoms with E-state index in [4.69, 9.17) is 19.8 Å². The van der Waals surface area contributed by atoms with Gasteiger partial charge >= 0.3 is 0 Å². The molecular formula is C26H29N7O2. The maximum Gasteiger partial charge on any atom is 0.165 e. The lowest BCUT2D eigenvalue weighted by Gasteiger charge is -2.32. The van der Waals surface area contributed by atoms with Crippen molar-refractivity contribution in [2.45, 2.75) is 25.4 Å². The summed E-state index contributed by atoms with van der Waals surface area (Å²) in [5.41, 5.74) is 2.87. The second-order valence-corrected chi connectivity index (χ2v) is 9.22. The van der Waals surface area contributed by atoms with E-state index < -0.39 is 0 Å². The van der Waals surface area contributed by atoms with Gasteiger partial charge in [0.15, 0.2) is 11.5 Å². The molecule has 1 N–H and O–H groups in total. The first-order valence-corrected chi connectivity index (χ1v) is 12.2. The Morgan fingerprint density at radius 1 is 0.943 bits per heavy atom. The van der Waals surface area contributed by atoms with Crippen LogP contribution in [-0.4, -0.2) is 74.1 Å². The molecule has 5 heterocycles. The largest absolute Gasteiger partial charge is 0.506 e. The van der Waals surface area contributed by atoms with Gasteiger partial charge in [-0.2, -0.15) is 5.10 Å². The standard InChI is InChI=1S/C26H29N7O2/c34-22-14-20(15-27-16-22)24-29-25(32-10-12-35-13-11-32)23-17-28-33(26(23)30-24)21-6-8-31(9-7-21)18-19-4-2-1-3-5-19/h1-5,14-17,21,34H,6-13,18H2. The average Bonchev–Trinajstić information content (AvgIpc) is 3.34. The summed E-state index contributed by atoms with van der Waals surface area (Å²) in [6.45, 7) is 5.90. The van der Waals surface area contributed by atoms with E-state index in [0.29, 0.717) is 24.6 Å². The molecule has 2 fully saturated rings. The molecular weight excluding hydrogens is 442 g/mol. The number of pyridine rings is 1. The van der Waals surface area contributed by atoms with Gasteiger partial charge in [0.05, 0.1) is 37.0 Å². The predicted molar refractivity (Wildman–Crippen MR) is 133 cm³/mol. The highest BCUT2D eigenvalue weighted by Crippen LogP contribution is 2.32. The minimum absolute atomic E-state index is 0.0958. The molecule has 0 radical (unpaired) electrons. The fourth-order valence-electron chi connectivity index (χ4n) is 5.04. The maximum atomic E-state index is 9.99. The summed E-state index contributed by atoms with van der Waals surface area (Å²) >= 11 is 0. The SMILES string of the molecule is Oc1cncc(-c2nc(N3CCOCC3)c3cnn(C4CCN(Cc5ccccc5)CC4)c3n2)c1. The highest BCUT2D eigenvalue weighted by Gasteiger charge is 2.26. The number of aromatic nitrogens is 5. The topological polar surface area (TPSA) is 92.4 Å². The summed E-state index contributed by atoms with van der Waals surface area (Å²) in [6, 6.07) is 12.6. The Morgan fingerprint density at radius 3 is 2.51 bits per heavy atom. The second-order valence-electron chi connectivity index (χ2n) is 9.22. The normalized spacial score (nSPS) is 17.8. The lowest BCUT2D eigenvalue weighted by molar-refractivity contribution is 0.122. The van der Waals surface area contributed by atoms with Crippen LogP contribution in [0.25, 0.3) is 22.4 Å². The Labute approximate surface area is 204 Å². The number of morpholine rings is 1. The van der Waals surface area contributed by atoms with Crippen LogP contribution in [-0.2, 0) is 11.3 Å². The van der Waals surface area contributed by atoms with Gasteiger partial charge in [-0.05, 0) is 24.5 Å². The van der Waals surface area contributed by atoms with Crippen LogP contribution in [0.4, 0.5) is 5.82 Å². The monoisotopic (exact) mass is 471 g/mol. The number of piperidine rings is 1. The van der Waals surface area contributed by atoms with Gasteiger partial charge in [0.1, 0.15) is 11.6 Å². The van der Waals surface area contributed by atoms with Gasteiger partial charge in [0.25, 0.3) is 0 Å². The Kier molecular flexibility index (Phi) is 6.01. The molecule has 0 atom stereocenters. The molecule has 0 unspecified atom stereocenters. The summed E-state index contributed by atoms with van der Waals surface area (Å²) in [4.78, 5) is 18.7. The number of aromatic hydroxyl groups is 1. The average molecular weight is 472 g/mol. The number of nitrogens with zero attached hydrogens (tertiary/aromatic N) is 7. The summed E-state index contributed by atoms with van der Waals surface area (Å²) < 4.78 is 7.65. The first kappa shape index (κ1) is 21.9. The number of likely N-dealkylation sites (tertiary alicyclic amines) is 1. The van der Waals surface area contributed by atoms with Crippen molar-refractivity contribution in [3.63, 3.8) is 0 Å². The van der Waals surface area contributed by atoms with E-state index in [2.05, 4.69) is 49.8 Å². The van der Waals surface area contributed by atoms with Crippen molar-refractivity contribution in [1.82, 2.24) is 29.6 Å². The van der Waals surface area contributed by atoms with Gasteiger partial charge in [0.2, 0.25) is 0 Å². The Hall–Kier alpha value is -3.56. The van der Waals surface area contributed by atoms with E-state index >= 15 is 0 Å². The molecule has 9 nitrogen and oxygen atoms in total. The molecule has 2 saturated heterocycles. The number of benzene rings is 1. The minimum Gasteiger partial charge on any atom is -0.506 e. The molecule has 2 aliphatic rings. The Morgan fingerprint density at radius 2 is 1.74 bits per heavy atom. The molecule has 0 saturated carbocycles. The molecule has 180 valence electrons. The smallest absolute Gasteiger partial charge is 0.165 e. The van der Waals surface area contributed by atoms with Crippen LogP contribution >= 0.6 is 0 Å². The molecule has 0 spiro atoms. The van der Waals surface area contributed by atoms with Crippen molar-refractivity contribution in [1.29, 1.82) is 0 Å². The summed E-state index contributed by atoms with van der Waals surface area (Å²) in [6.07, 6.45) is 7.04. The third-order valence-corrected chi connectivity index (χ3v) is 6.88. The molecule has 3 aromatic heterocycles. The van der Waals surface area contributed by atoms with E-state index in [-0.39, 0.29) is 11.8 Å². The van der Waals surface area contributed by atoms with Crippen LogP contribution in [0.5, 0.6) is 5.75 Å². The molecule has 4 aromatic rings. The quantitative estimate of drug-likeness (QED) is 0.474. The van der Waals surface area contributed by atoms with Crippen LogP contribution in [0.1, 0.15) is 24.4 Å². The molecule has 1 aromatic carbocycles. The molecule has 6 rings (SSSR count). The highest BCUT2D eigenvalue weighted by atomic mass is 16.5. The van der Waals surface area contributed by atoms with Gasteiger partial charge in [-0.15, -0.1) is 0 Å². The zero-order valence-electron chi connectivity index (χ0n) is 19.6. The predicted octanol–water partition coefficient (Wildman–Crippen LogP) is 3.27. The van der Waals surface area contributed by atoms with E-state index in [0.717, 1.165) is 62.4 Å². The second kappa shape index (κ2) is 9.59. The third kappa shape index (κ3) is 4.56. The minimum atomic E-state index is 0.0958. The fourth-order valence-corrected chi connectivity index (χ4v) is 5.04. The van der Waals surface area contributed by atoms with Crippen molar-refractivity contribution in [2.24, 2.45) is 0 Å². The van der Waals surface area contributed by atoms with E-state index in [1.165, 1.54) is 11.8 Å². The van der Waals surface area contributed by atoms with Crippen molar-refractivity contribution >= 4 is 16.9 Å². The van der Waals surface area contributed by atoms with Crippen LogP contribution < -0.4 is 4.90 Å². The Bertz CT molecular complexity index is 1300. The van der Waals surface area contributed by atoms with Crippen LogP contribution in [0.15, 0.2) is 55.0 Å². The van der Waals surface area contributed by atoms with Gasteiger partial charge in [-0.25, -0.2) is 14.6 Å². The molecule has 35 heavy (non-hydrogen) atoms. The summed E-state index contributed by atoms with van der Waals surface area (Å²) in [5, 5.41) is 15.8. The number of hydrogen-bond donors (Lipinski definition) is 1. The van der Waals surface area contributed by atoms with Gasteiger partial charge in [-0.3, -0.25) is 9.88 Å². The van der Waals surface area contributed by atoms with Crippen molar-refractivity contribution in [2.75, 3.05) is 44.3 Å². The zero-order valence-corrected chi connectivity index (χ0v) is 19.6. The van der Waals surface area contributed by atoms with E-state index in [1.807, 2.05) is 6.20 Å². The lowest BCUT2D eigenvalue weighted by Crippen LogP contribution is -2.37. The van der Waals surface area contributed by atoms with Crippen LogP contribution in [0, 0.1) is 0 Å². The van der Waals surface area contributed by atoms with Gasteiger partial charge in [0, 0.05) is 44.5 Å². The fraction of sp³-hybridized carbons (Fsp3) is 0.385. The lowest BCUT2D eigenvalue weighted by atomic mass is 10.0. The molecule has 9 heteroatoms. The summed E-state index contributed by atoms with van der Waals surface area (Å²) in [7, 11) is 0. The molecule has 0 amide bonds. The zero-order chi connectivity index (χ0) is 23.6. The third-order valence-electron chi connectivity index (χ3n) is 6.88. The first-order chi connectivity index (χ1) is 17.2. The highest BCUT2D eigenvalue weighted by molar-refractivity contribution is 5.89. The maximum absolute atomic E-state index is 9.99. The van der Waals surface area contributed by atoms with Crippen molar-refractivity contribution in [3.8, 4) is 17.1 Å². The van der Waals surface area contributed by atoms with Gasteiger partial charge in [-0.1, -0.05) is 30.3 Å². The molecule has 2 aliphatic heterocycles. The number of hydrogen-bond acceptors (Lipinski definition) is 8. The molecule has 0 aliphatic carbocycles. The van der Waals surface area contributed by atoms with E-state index in [9.17, 15) is 5.11 Å². The number of rotatable bonds is 5. The van der Waals surface area contributed by atoms with Crippen LogP contribution in [0.2, 0.25) is 0 Å². The van der Waals surface area contributed by atoms with Gasteiger partial charge < -0.3 is 14.7 Å². The Balaban J connectivity index is 1.31. The van der Waals surface area contributed by atoms with Crippen molar-refractivity contribution < 1.29 is 9.84 Å². The first-order valence-electron chi connectivity index (χ1n) is 12.2. The molecule has 0 bridgehead atoms. The van der Waals surface area contributed by atoms with Crippen molar-refractivity contribution in [3.05, 3.63) is 60.6 Å². The number of anilines is 1. The number of ether oxygens (including phenoxy) is 1. The van der Waals surface area contributed by atoms with E-state index in [1.54, 1.807) is 12.3 Å². The van der Waals surface area contributed by atoms with Crippen LogP contribution in [0.3, 0.4) is 0 Å². The number of fused-ring (bicyclic) bond motifs is 1. The summed E-state index contributed by atoms with van der Waals surface area (Å²) in [5.74, 6) is 1.51.